The van der Waals surface area contributed by atoms with Crippen LogP contribution in [0.4, 0.5) is 0 Å². The number of nitrogens with zero attached hydrogens (tertiary/aromatic N) is 2. The minimum Gasteiger partial charge on any atom is -0.350 e. The molecule has 5 nitrogen and oxygen atoms in total. The molecule has 1 aliphatic heterocycles. The summed E-state index contributed by atoms with van der Waals surface area (Å²) in [5.74, 6) is 1.01. The van der Waals surface area contributed by atoms with Gasteiger partial charge >= 0.3 is 0 Å². The summed E-state index contributed by atoms with van der Waals surface area (Å²) in [5.41, 5.74) is 0.942. The molecule has 0 radical (unpaired) electrons. The molecule has 1 saturated heterocycles. The van der Waals surface area contributed by atoms with Crippen molar-refractivity contribution in [3.8, 4) is 0 Å². The zero-order valence-corrected chi connectivity index (χ0v) is 13.4. The standard InChI is InChI=1S/C15H15N3O2S2/c19-14(17-8-11-3-1-5-16-7-11)12-9-21-10-18(12)15(20)13-4-2-6-22-13/h1-7,12H,8-10H2,(H,17,19). The molecular weight excluding hydrogens is 318 g/mol. The number of amides is 2. The van der Waals surface area contributed by atoms with Crippen LogP contribution >= 0.6 is 23.1 Å². The number of thiophene rings is 1. The highest BCUT2D eigenvalue weighted by atomic mass is 32.2. The largest absolute Gasteiger partial charge is 0.350 e. The van der Waals surface area contributed by atoms with Gasteiger partial charge in [0.25, 0.3) is 5.91 Å². The van der Waals surface area contributed by atoms with Gasteiger partial charge in [-0.3, -0.25) is 14.6 Å². The number of hydrogen-bond acceptors (Lipinski definition) is 5. The van der Waals surface area contributed by atoms with E-state index in [2.05, 4.69) is 10.3 Å². The molecule has 7 heteroatoms. The van der Waals surface area contributed by atoms with E-state index in [0.717, 1.165) is 5.56 Å². The van der Waals surface area contributed by atoms with Gasteiger partial charge < -0.3 is 10.2 Å². The molecule has 1 N–H and O–H groups in total. The van der Waals surface area contributed by atoms with Crippen LogP contribution in [0.2, 0.25) is 0 Å². The average molecular weight is 333 g/mol. The Hall–Kier alpha value is -1.86. The first kappa shape index (κ1) is 15.1. The number of carbonyl (C=O) groups excluding carboxylic acids is 2. The first-order valence-electron chi connectivity index (χ1n) is 6.84. The normalized spacial score (nSPS) is 17.5. The smallest absolute Gasteiger partial charge is 0.265 e. The average Bonchev–Trinajstić information content (AvgIpc) is 3.24. The molecule has 0 saturated carbocycles. The lowest BCUT2D eigenvalue weighted by atomic mass is 10.2. The lowest BCUT2D eigenvalue weighted by Crippen LogP contribution is -2.46. The molecule has 22 heavy (non-hydrogen) atoms. The van der Waals surface area contributed by atoms with E-state index in [0.29, 0.717) is 23.1 Å². The SMILES string of the molecule is O=C(NCc1cccnc1)C1CSCN1C(=O)c1cccs1. The van der Waals surface area contributed by atoms with Crippen LogP contribution < -0.4 is 5.32 Å². The summed E-state index contributed by atoms with van der Waals surface area (Å²) in [7, 11) is 0. The van der Waals surface area contributed by atoms with Gasteiger partial charge in [0.1, 0.15) is 6.04 Å². The van der Waals surface area contributed by atoms with Gasteiger partial charge in [0.05, 0.1) is 10.8 Å². The van der Waals surface area contributed by atoms with E-state index < -0.39 is 6.04 Å². The van der Waals surface area contributed by atoms with E-state index in [1.807, 2.05) is 23.6 Å². The highest BCUT2D eigenvalue weighted by Gasteiger charge is 2.35. The molecule has 3 rings (SSSR count). The minimum absolute atomic E-state index is 0.0680. The number of thioether (sulfide) groups is 1. The third-order valence-electron chi connectivity index (χ3n) is 3.37. The van der Waals surface area contributed by atoms with Crippen molar-refractivity contribution in [2.75, 3.05) is 11.6 Å². The zero-order valence-electron chi connectivity index (χ0n) is 11.8. The highest BCUT2D eigenvalue weighted by molar-refractivity contribution is 7.99. The Morgan fingerprint density at radius 2 is 2.27 bits per heavy atom. The Morgan fingerprint density at radius 3 is 3.00 bits per heavy atom. The molecule has 114 valence electrons. The van der Waals surface area contributed by atoms with Crippen molar-refractivity contribution in [2.24, 2.45) is 0 Å². The van der Waals surface area contributed by atoms with Gasteiger partial charge in [-0.2, -0.15) is 0 Å². The summed E-state index contributed by atoms with van der Waals surface area (Å²) in [4.78, 5) is 31.1. The van der Waals surface area contributed by atoms with Gasteiger partial charge in [0.15, 0.2) is 0 Å². The fraction of sp³-hybridized carbons (Fsp3) is 0.267. The van der Waals surface area contributed by atoms with E-state index >= 15 is 0 Å². The number of rotatable bonds is 4. The predicted octanol–water partition coefficient (Wildman–Crippen LogP) is 1.97. The Morgan fingerprint density at radius 1 is 1.36 bits per heavy atom. The van der Waals surface area contributed by atoms with Crippen LogP contribution in [0.15, 0.2) is 42.0 Å². The van der Waals surface area contributed by atoms with Gasteiger partial charge in [0, 0.05) is 24.7 Å². The second-order valence-electron chi connectivity index (χ2n) is 4.85. The number of carbonyl (C=O) groups is 2. The van der Waals surface area contributed by atoms with Gasteiger partial charge in [-0.15, -0.1) is 23.1 Å². The Kier molecular flexibility index (Phi) is 4.74. The Bertz CT molecular complexity index is 646. The molecule has 1 aliphatic rings. The third-order valence-corrected chi connectivity index (χ3v) is 5.24. The molecule has 2 aromatic rings. The molecule has 2 amide bonds. The summed E-state index contributed by atoms with van der Waals surface area (Å²) >= 11 is 3.00. The topological polar surface area (TPSA) is 62.3 Å². The first-order valence-corrected chi connectivity index (χ1v) is 8.88. The summed E-state index contributed by atoms with van der Waals surface area (Å²) in [5, 5.41) is 4.76. The number of aromatic nitrogens is 1. The van der Waals surface area contributed by atoms with Gasteiger partial charge in [-0.25, -0.2) is 0 Å². The van der Waals surface area contributed by atoms with Gasteiger partial charge in [-0.05, 0) is 23.1 Å². The second kappa shape index (κ2) is 6.93. The first-order chi connectivity index (χ1) is 10.8. The summed E-state index contributed by atoms with van der Waals surface area (Å²) in [6.07, 6.45) is 3.42. The molecule has 2 aromatic heterocycles. The third kappa shape index (κ3) is 3.31. The summed E-state index contributed by atoms with van der Waals surface area (Å²) < 4.78 is 0. The predicted molar refractivity (Wildman–Crippen MR) is 87.7 cm³/mol. The maximum Gasteiger partial charge on any atom is 0.265 e. The van der Waals surface area contributed by atoms with E-state index in [4.69, 9.17) is 0 Å². The fourth-order valence-corrected chi connectivity index (χ4v) is 4.04. The van der Waals surface area contributed by atoms with Crippen molar-refractivity contribution in [3.05, 3.63) is 52.5 Å². The summed E-state index contributed by atoms with van der Waals surface area (Å²) in [6, 6.07) is 6.97. The van der Waals surface area contributed by atoms with Gasteiger partial charge in [-0.1, -0.05) is 12.1 Å². The van der Waals surface area contributed by atoms with E-state index in [9.17, 15) is 9.59 Å². The number of hydrogen-bond donors (Lipinski definition) is 1. The minimum atomic E-state index is -0.406. The van der Waals surface area contributed by atoms with Crippen molar-refractivity contribution >= 4 is 34.9 Å². The second-order valence-corrected chi connectivity index (χ2v) is 6.79. The van der Waals surface area contributed by atoms with Crippen molar-refractivity contribution in [1.29, 1.82) is 0 Å². The molecule has 0 aromatic carbocycles. The molecule has 1 fully saturated rings. The van der Waals surface area contributed by atoms with Crippen LogP contribution in [0, 0.1) is 0 Å². The number of pyridine rings is 1. The van der Waals surface area contributed by atoms with E-state index in [1.165, 1.54) is 11.3 Å². The molecule has 1 unspecified atom stereocenters. The maximum absolute atomic E-state index is 12.4. The molecule has 1 atom stereocenters. The fourth-order valence-electron chi connectivity index (χ4n) is 2.21. The molecule has 0 spiro atoms. The van der Waals surface area contributed by atoms with Crippen LogP contribution in [0.5, 0.6) is 0 Å². The Balaban J connectivity index is 1.62. The summed E-state index contributed by atoms with van der Waals surface area (Å²) in [6.45, 7) is 0.425. The lowest BCUT2D eigenvalue weighted by molar-refractivity contribution is -0.124. The van der Waals surface area contributed by atoms with Crippen molar-refractivity contribution in [1.82, 2.24) is 15.2 Å². The Labute approximate surface area is 136 Å². The lowest BCUT2D eigenvalue weighted by Gasteiger charge is -2.22. The van der Waals surface area contributed by atoms with Crippen LogP contribution in [-0.2, 0) is 11.3 Å². The molecule has 3 heterocycles. The monoisotopic (exact) mass is 333 g/mol. The van der Waals surface area contributed by atoms with Gasteiger partial charge in [0.2, 0.25) is 5.91 Å². The molecular formula is C15H15N3O2S2. The van der Waals surface area contributed by atoms with Crippen molar-refractivity contribution in [3.63, 3.8) is 0 Å². The van der Waals surface area contributed by atoms with Crippen molar-refractivity contribution in [2.45, 2.75) is 12.6 Å². The zero-order chi connectivity index (χ0) is 15.4. The quantitative estimate of drug-likeness (QED) is 0.929. The maximum atomic E-state index is 12.4. The molecule has 0 bridgehead atoms. The van der Waals surface area contributed by atoms with Crippen LogP contribution in [-0.4, -0.2) is 39.4 Å². The van der Waals surface area contributed by atoms with E-state index in [-0.39, 0.29) is 11.8 Å². The van der Waals surface area contributed by atoms with Crippen molar-refractivity contribution < 1.29 is 9.59 Å². The van der Waals surface area contributed by atoms with Crippen LogP contribution in [0.25, 0.3) is 0 Å². The van der Waals surface area contributed by atoms with Crippen LogP contribution in [0.3, 0.4) is 0 Å². The van der Waals surface area contributed by atoms with E-state index in [1.54, 1.807) is 35.1 Å². The highest BCUT2D eigenvalue weighted by Crippen LogP contribution is 2.24. The molecule has 0 aliphatic carbocycles. The number of nitrogens with one attached hydrogen (secondary N) is 1. The van der Waals surface area contributed by atoms with Crippen LogP contribution in [0.1, 0.15) is 15.2 Å².